The molecular weight excluding hydrogens is 164 g/mol. The van der Waals surface area contributed by atoms with Crippen LogP contribution in [0.4, 0.5) is 11.4 Å². The molecule has 68 valence electrons. The Hall–Kier alpha value is -1.71. The van der Waals surface area contributed by atoms with Crippen LogP contribution in [-0.2, 0) is 0 Å². The van der Waals surface area contributed by atoms with Crippen molar-refractivity contribution in [2.24, 2.45) is 0 Å². The van der Waals surface area contributed by atoms with Gasteiger partial charge in [-0.1, -0.05) is 0 Å². The summed E-state index contributed by atoms with van der Waals surface area (Å²) < 4.78 is 0. The molecule has 0 unspecified atom stereocenters. The molecular formula is C9H12N4. The van der Waals surface area contributed by atoms with Crippen LogP contribution >= 0.6 is 0 Å². The molecule has 1 aromatic carbocycles. The number of benzene rings is 1. The van der Waals surface area contributed by atoms with E-state index in [4.69, 9.17) is 5.73 Å². The maximum absolute atomic E-state index is 5.77. The topological polar surface area (TPSA) is 66.7 Å². The molecule has 1 heterocycles. The van der Waals surface area contributed by atoms with Crippen LogP contribution in [0.25, 0.3) is 10.9 Å². The number of H-pyrrole nitrogens is 1. The van der Waals surface area contributed by atoms with Crippen molar-refractivity contribution in [3.05, 3.63) is 18.3 Å². The third kappa shape index (κ3) is 1.20. The number of rotatable bonds is 2. The Kier molecular flexibility index (Phi) is 1.81. The first kappa shape index (κ1) is 7.91. The number of nitrogens with one attached hydrogen (secondary N) is 2. The van der Waals surface area contributed by atoms with Gasteiger partial charge in [0, 0.05) is 17.6 Å². The van der Waals surface area contributed by atoms with Crippen LogP contribution in [-0.4, -0.2) is 16.7 Å². The summed E-state index contributed by atoms with van der Waals surface area (Å²) in [5.41, 5.74) is 8.47. The molecule has 4 nitrogen and oxygen atoms in total. The molecule has 0 atom stereocenters. The van der Waals surface area contributed by atoms with Crippen LogP contribution in [0.1, 0.15) is 6.92 Å². The maximum Gasteiger partial charge on any atom is 0.0900 e. The van der Waals surface area contributed by atoms with E-state index in [1.807, 2.05) is 12.1 Å². The van der Waals surface area contributed by atoms with Crippen LogP contribution in [0.15, 0.2) is 18.3 Å². The lowest BCUT2D eigenvalue weighted by atomic mass is 10.2. The van der Waals surface area contributed by atoms with Crippen molar-refractivity contribution in [1.29, 1.82) is 0 Å². The van der Waals surface area contributed by atoms with Gasteiger partial charge in [0.2, 0.25) is 0 Å². The number of aromatic amines is 1. The predicted molar refractivity (Wildman–Crippen MR) is 54.7 cm³/mol. The predicted octanol–water partition coefficient (Wildman–Crippen LogP) is 1.58. The molecule has 0 aliphatic carbocycles. The smallest absolute Gasteiger partial charge is 0.0900 e. The lowest BCUT2D eigenvalue weighted by Gasteiger charge is -2.05. The number of anilines is 2. The highest BCUT2D eigenvalue weighted by Gasteiger charge is 2.04. The molecule has 2 aromatic rings. The molecule has 4 N–H and O–H groups in total. The van der Waals surface area contributed by atoms with Gasteiger partial charge in [-0.3, -0.25) is 5.10 Å². The van der Waals surface area contributed by atoms with E-state index in [1.54, 1.807) is 6.20 Å². The van der Waals surface area contributed by atoms with Crippen molar-refractivity contribution in [1.82, 2.24) is 10.2 Å². The molecule has 0 bridgehead atoms. The van der Waals surface area contributed by atoms with Crippen molar-refractivity contribution in [2.75, 3.05) is 17.6 Å². The van der Waals surface area contributed by atoms with Crippen molar-refractivity contribution in [2.45, 2.75) is 6.92 Å². The van der Waals surface area contributed by atoms with Crippen molar-refractivity contribution in [3.63, 3.8) is 0 Å². The van der Waals surface area contributed by atoms with Crippen molar-refractivity contribution < 1.29 is 0 Å². The lowest BCUT2D eigenvalue weighted by Crippen LogP contribution is -1.97. The third-order valence-corrected chi connectivity index (χ3v) is 2.01. The van der Waals surface area contributed by atoms with E-state index in [2.05, 4.69) is 22.4 Å². The second-order valence-corrected chi connectivity index (χ2v) is 2.89. The Morgan fingerprint density at radius 3 is 3.15 bits per heavy atom. The molecule has 0 aliphatic rings. The van der Waals surface area contributed by atoms with Crippen molar-refractivity contribution >= 4 is 22.3 Å². The number of nitrogens with zero attached hydrogens (tertiary/aromatic N) is 1. The Morgan fingerprint density at radius 1 is 1.54 bits per heavy atom. The highest BCUT2D eigenvalue weighted by atomic mass is 15.1. The van der Waals surface area contributed by atoms with E-state index in [1.165, 1.54) is 0 Å². The second-order valence-electron chi connectivity index (χ2n) is 2.89. The van der Waals surface area contributed by atoms with Gasteiger partial charge >= 0.3 is 0 Å². The summed E-state index contributed by atoms with van der Waals surface area (Å²) in [7, 11) is 0. The molecule has 13 heavy (non-hydrogen) atoms. The summed E-state index contributed by atoms with van der Waals surface area (Å²) in [6, 6.07) is 3.84. The summed E-state index contributed by atoms with van der Waals surface area (Å²) in [5.74, 6) is 0. The van der Waals surface area contributed by atoms with E-state index in [-0.39, 0.29) is 0 Å². The fourth-order valence-corrected chi connectivity index (χ4v) is 1.40. The molecule has 2 rings (SSSR count). The summed E-state index contributed by atoms with van der Waals surface area (Å²) in [6.45, 7) is 2.95. The molecule has 0 radical (unpaired) electrons. The minimum Gasteiger partial charge on any atom is -0.397 e. The Labute approximate surface area is 76.1 Å². The number of hydrogen-bond acceptors (Lipinski definition) is 3. The standard InChI is InChI=1S/C9H12N4/c1-2-11-8-4-3-7(10)9-6(8)5-12-13-9/h3-5,11H,2,10H2,1H3,(H,12,13). The zero-order valence-corrected chi connectivity index (χ0v) is 7.46. The number of aromatic nitrogens is 2. The van der Waals surface area contributed by atoms with Gasteiger partial charge in [0.15, 0.2) is 0 Å². The summed E-state index contributed by atoms with van der Waals surface area (Å²) in [5, 5.41) is 11.1. The van der Waals surface area contributed by atoms with Crippen molar-refractivity contribution in [3.8, 4) is 0 Å². The highest BCUT2D eigenvalue weighted by molar-refractivity contribution is 5.98. The Morgan fingerprint density at radius 2 is 2.38 bits per heavy atom. The van der Waals surface area contributed by atoms with E-state index >= 15 is 0 Å². The van der Waals surface area contributed by atoms with Gasteiger partial charge in [-0.2, -0.15) is 5.10 Å². The molecule has 0 saturated heterocycles. The van der Waals surface area contributed by atoms with Gasteiger partial charge in [0.05, 0.1) is 17.4 Å². The summed E-state index contributed by atoms with van der Waals surface area (Å²) in [6.07, 6.45) is 1.78. The van der Waals surface area contributed by atoms with Gasteiger partial charge in [0.25, 0.3) is 0 Å². The zero-order valence-electron chi connectivity index (χ0n) is 7.46. The van der Waals surface area contributed by atoms with Crippen LogP contribution in [0.2, 0.25) is 0 Å². The Bertz CT molecular complexity index is 418. The SMILES string of the molecule is CCNc1ccc(N)c2[nH]ncc12. The molecule has 0 saturated carbocycles. The average Bonchev–Trinajstić information content (AvgIpc) is 2.59. The van der Waals surface area contributed by atoms with Crippen LogP contribution in [0, 0.1) is 0 Å². The largest absolute Gasteiger partial charge is 0.397 e. The number of nitrogens with two attached hydrogens (primary N) is 1. The summed E-state index contributed by atoms with van der Waals surface area (Å²) in [4.78, 5) is 0. The van der Waals surface area contributed by atoms with Gasteiger partial charge in [-0.25, -0.2) is 0 Å². The fourth-order valence-electron chi connectivity index (χ4n) is 1.40. The molecule has 0 spiro atoms. The number of nitrogen functional groups attached to an aromatic ring is 1. The van der Waals surface area contributed by atoms with E-state index in [0.29, 0.717) is 0 Å². The van der Waals surface area contributed by atoms with Crippen LogP contribution in [0.5, 0.6) is 0 Å². The minimum atomic E-state index is 0.731. The average molecular weight is 176 g/mol. The van der Waals surface area contributed by atoms with Crippen LogP contribution < -0.4 is 11.1 Å². The summed E-state index contributed by atoms with van der Waals surface area (Å²) >= 11 is 0. The second kappa shape index (κ2) is 2.97. The van der Waals surface area contributed by atoms with Gasteiger partial charge in [-0.05, 0) is 19.1 Å². The first-order valence-corrected chi connectivity index (χ1v) is 4.28. The normalized spacial score (nSPS) is 10.5. The third-order valence-electron chi connectivity index (χ3n) is 2.01. The first-order chi connectivity index (χ1) is 6.33. The zero-order chi connectivity index (χ0) is 9.26. The first-order valence-electron chi connectivity index (χ1n) is 4.28. The fraction of sp³-hybridized carbons (Fsp3) is 0.222. The number of hydrogen-bond donors (Lipinski definition) is 3. The molecule has 4 heteroatoms. The molecule has 0 aliphatic heterocycles. The minimum absolute atomic E-state index is 0.731. The maximum atomic E-state index is 5.77. The molecule has 0 fully saturated rings. The highest BCUT2D eigenvalue weighted by Crippen LogP contribution is 2.25. The van der Waals surface area contributed by atoms with E-state index in [0.717, 1.165) is 28.8 Å². The van der Waals surface area contributed by atoms with E-state index in [9.17, 15) is 0 Å². The van der Waals surface area contributed by atoms with Gasteiger partial charge < -0.3 is 11.1 Å². The van der Waals surface area contributed by atoms with Gasteiger partial charge in [-0.15, -0.1) is 0 Å². The molecule has 0 amide bonds. The van der Waals surface area contributed by atoms with Crippen LogP contribution in [0.3, 0.4) is 0 Å². The monoisotopic (exact) mass is 176 g/mol. The lowest BCUT2D eigenvalue weighted by molar-refractivity contribution is 1.12. The number of fused-ring (bicyclic) bond motifs is 1. The van der Waals surface area contributed by atoms with Gasteiger partial charge in [0.1, 0.15) is 0 Å². The quantitative estimate of drug-likeness (QED) is 0.608. The molecule has 1 aromatic heterocycles. The van der Waals surface area contributed by atoms with E-state index < -0.39 is 0 Å². The Balaban J connectivity index is 2.64.